The first kappa shape index (κ1) is 17.8. The van der Waals surface area contributed by atoms with E-state index in [-0.39, 0.29) is 12.5 Å². The van der Waals surface area contributed by atoms with E-state index in [4.69, 9.17) is 14.2 Å². The molecule has 0 aromatic heterocycles. The van der Waals surface area contributed by atoms with Crippen molar-refractivity contribution in [2.75, 3.05) is 11.6 Å². The van der Waals surface area contributed by atoms with Crippen molar-refractivity contribution in [3.8, 4) is 17.2 Å². The number of para-hydroxylation sites is 4. The van der Waals surface area contributed by atoms with Crippen molar-refractivity contribution in [3.63, 3.8) is 0 Å². The van der Waals surface area contributed by atoms with Crippen molar-refractivity contribution in [1.29, 1.82) is 0 Å². The van der Waals surface area contributed by atoms with E-state index in [0.29, 0.717) is 11.3 Å². The molecule has 0 aliphatic carbocycles. The fourth-order valence-corrected chi connectivity index (χ4v) is 3.29. The van der Waals surface area contributed by atoms with Gasteiger partial charge in [0, 0.05) is 0 Å². The Bertz CT molecular complexity index is 1120. The molecule has 30 heavy (non-hydrogen) atoms. The number of benzene rings is 3. The summed E-state index contributed by atoms with van der Waals surface area (Å²) in [7, 11) is 0. The standard InChI is InChI=1S/C23H16N2O5/c26-22-21(30-23(27)24-22)13-15-9-11-16(12-10-15)28-14-25-17-5-1-3-7-19(17)29-20-8-4-2-6-18(20)25/h1-13H,14H2,(H,24,26,27). The molecule has 2 amide bonds. The van der Waals surface area contributed by atoms with E-state index in [1.165, 1.54) is 6.08 Å². The third-order valence-electron chi connectivity index (χ3n) is 4.71. The van der Waals surface area contributed by atoms with Crippen molar-refractivity contribution >= 4 is 29.5 Å². The molecule has 2 aliphatic rings. The quantitative estimate of drug-likeness (QED) is 0.647. The molecule has 1 fully saturated rings. The summed E-state index contributed by atoms with van der Waals surface area (Å²) in [5.74, 6) is 1.61. The Hall–Kier alpha value is -4.26. The molecule has 0 spiro atoms. The number of alkyl carbamates (subject to hydrolysis) is 1. The van der Waals surface area contributed by atoms with Crippen LogP contribution in [0.15, 0.2) is 78.6 Å². The molecule has 0 unspecified atom stereocenters. The van der Waals surface area contributed by atoms with Crippen LogP contribution in [0, 0.1) is 0 Å². The number of anilines is 2. The fraction of sp³-hybridized carbons (Fsp3) is 0.0435. The van der Waals surface area contributed by atoms with Gasteiger partial charge in [-0.05, 0) is 48.0 Å². The Balaban J connectivity index is 1.34. The minimum absolute atomic E-state index is 0.0322. The minimum atomic E-state index is -0.766. The van der Waals surface area contributed by atoms with Gasteiger partial charge in [-0.1, -0.05) is 36.4 Å². The summed E-state index contributed by atoms with van der Waals surface area (Å²) in [6.45, 7) is 0.290. The van der Waals surface area contributed by atoms with E-state index in [2.05, 4.69) is 5.32 Å². The van der Waals surface area contributed by atoms with Crippen molar-refractivity contribution in [2.45, 2.75) is 0 Å². The van der Waals surface area contributed by atoms with E-state index in [1.807, 2.05) is 53.4 Å². The highest BCUT2D eigenvalue weighted by molar-refractivity contribution is 6.09. The Morgan fingerprint density at radius 3 is 2.07 bits per heavy atom. The number of nitrogens with one attached hydrogen (secondary N) is 1. The third kappa shape index (κ3) is 3.33. The number of cyclic esters (lactones) is 1. The molecule has 1 saturated heterocycles. The first-order valence-corrected chi connectivity index (χ1v) is 9.28. The van der Waals surface area contributed by atoms with E-state index in [9.17, 15) is 9.59 Å². The van der Waals surface area contributed by atoms with Crippen LogP contribution in [0.4, 0.5) is 16.2 Å². The number of fused-ring (bicyclic) bond motifs is 2. The van der Waals surface area contributed by atoms with Gasteiger partial charge in [-0.15, -0.1) is 0 Å². The summed E-state index contributed by atoms with van der Waals surface area (Å²) in [6.07, 6.45) is 0.732. The Morgan fingerprint density at radius 1 is 0.833 bits per heavy atom. The first-order chi connectivity index (χ1) is 14.7. The summed E-state index contributed by atoms with van der Waals surface area (Å²) in [5.41, 5.74) is 2.56. The molecular formula is C23H16N2O5. The zero-order valence-electron chi connectivity index (χ0n) is 15.7. The van der Waals surface area contributed by atoms with Gasteiger partial charge < -0.3 is 19.1 Å². The number of hydrogen-bond acceptors (Lipinski definition) is 6. The maximum absolute atomic E-state index is 11.6. The van der Waals surface area contributed by atoms with Gasteiger partial charge >= 0.3 is 6.09 Å². The number of carbonyl (C=O) groups is 2. The number of amides is 2. The van der Waals surface area contributed by atoms with Gasteiger partial charge in [0.25, 0.3) is 5.91 Å². The van der Waals surface area contributed by atoms with Gasteiger partial charge in [0.1, 0.15) is 5.75 Å². The smallest absolute Gasteiger partial charge is 0.419 e. The predicted molar refractivity (Wildman–Crippen MR) is 110 cm³/mol. The second-order valence-corrected chi connectivity index (χ2v) is 6.66. The van der Waals surface area contributed by atoms with E-state index in [0.717, 1.165) is 22.9 Å². The Morgan fingerprint density at radius 2 is 1.47 bits per heavy atom. The van der Waals surface area contributed by atoms with E-state index >= 15 is 0 Å². The Labute approximate surface area is 172 Å². The number of carbonyl (C=O) groups excluding carboxylic acids is 2. The Kier molecular flexibility index (Phi) is 4.33. The topological polar surface area (TPSA) is 77.1 Å². The van der Waals surface area contributed by atoms with Crippen molar-refractivity contribution in [1.82, 2.24) is 5.32 Å². The molecule has 1 N–H and O–H groups in total. The molecule has 0 atom stereocenters. The van der Waals surface area contributed by atoms with Crippen molar-refractivity contribution < 1.29 is 23.8 Å². The average molecular weight is 400 g/mol. The predicted octanol–water partition coefficient (Wildman–Crippen LogP) is 4.57. The van der Waals surface area contributed by atoms with Crippen molar-refractivity contribution in [3.05, 3.63) is 84.1 Å². The molecule has 3 aromatic rings. The van der Waals surface area contributed by atoms with Crippen LogP contribution < -0.4 is 19.7 Å². The summed E-state index contributed by atoms with van der Waals surface area (Å²) in [4.78, 5) is 24.7. The molecule has 2 heterocycles. The highest BCUT2D eigenvalue weighted by Gasteiger charge is 2.26. The number of imide groups is 1. The maximum atomic E-state index is 11.6. The van der Waals surface area contributed by atoms with E-state index < -0.39 is 12.0 Å². The van der Waals surface area contributed by atoms with E-state index in [1.54, 1.807) is 24.3 Å². The normalized spacial score (nSPS) is 15.7. The third-order valence-corrected chi connectivity index (χ3v) is 4.71. The second-order valence-electron chi connectivity index (χ2n) is 6.66. The molecule has 5 rings (SSSR count). The molecule has 7 heteroatoms. The number of nitrogens with zero attached hydrogens (tertiary/aromatic N) is 1. The van der Waals surface area contributed by atoms with Crippen LogP contribution in [-0.2, 0) is 9.53 Å². The van der Waals surface area contributed by atoms with Gasteiger partial charge in [0.05, 0.1) is 11.4 Å². The molecule has 3 aromatic carbocycles. The molecule has 148 valence electrons. The summed E-state index contributed by atoms with van der Waals surface area (Å²) in [6, 6.07) is 22.7. The SMILES string of the molecule is O=C1NC(=O)C(=Cc2ccc(OCN3c4ccccc4Oc4ccccc43)cc2)O1. The van der Waals surface area contributed by atoms with Crippen molar-refractivity contribution in [2.24, 2.45) is 0 Å². The van der Waals surface area contributed by atoms with Crippen LogP contribution in [0.2, 0.25) is 0 Å². The molecule has 2 aliphatic heterocycles. The lowest BCUT2D eigenvalue weighted by Crippen LogP contribution is -2.25. The van der Waals surface area contributed by atoms with Crippen LogP contribution in [0.3, 0.4) is 0 Å². The minimum Gasteiger partial charge on any atom is -0.473 e. The van der Waals surface area contributed by atoms with Crippen LogP contribution in [0.1, 0.15) is 5.56 Å². The van der Waals surface area contributed by atoms with Crippen LogP contribution in [-0.4, -0.2) is 18.7 Å². The molecule has 7 nitrogen and oxygen atoms in total. The summed E-state index contributed by atoms with van der Waals surface area (Å²) < 4.78 is 16.8. The average Bonchev–Trinajstić information content (AvgIpc) is 3.08. The largest absolute Gasteiger partial charge is 0.473 e. The zero-order chi connectivity index (χ0) is 20.5. The molecule has 0 bridgehead atoms. The summed E-state index contributed by atoms with van der Waals surface area (Å²) in [5, 5.41) is 2.06. The van der Waals surface area contributed by atoms with Gasteiger partial charge in [-0.25, -0.2) is 4.79 Å². The highest BCUT2D eigenvalue weighted by Crippen LogP contribution is 2.46. The lowest BCUT2D eigenvalue weighted by molar-refractivity contribution is -0.116. The maximum Gasteiger partial charge on any atom is 0.419 e. The monoisotopic (exact) mass is 400 g/mol. The van der Waals surface area contributed by atoms with Gasteiger partial charge in [0.2, 0.25) is 0 Å². The summed E-state index contributed by atoms with van der Waals surface area (Å²) >= 11 is 0. The van der Waals surface area contributed by atoms with Gasteiger partial charge in [0.15, 0.2) is 24.0 Å². The first-order valence-electron chi connectivity index (χ1n) is 9.28. The molecular weight excluding hydrogens is 384 g/mol. The molecule has 0 radical (unpaired) electrons. The number of hydrogen-bond donors (Lipinski definition) is 1. The number of rotatable bonds is 4. The van der Waals surface area contributed by atoms with Crippen LogP contribution in [0.5, 0.6) is 17.2 Å². The zero-order valence-corrected chi connectivity index (χ0v) is 15.7. The lowest BCUT2D eigenvalue weighted by Gasteiger charge is -2.32. The fourth-order valence-electron chi connectivity index (χ4n) is 3.29. The van der Waals surface area contributed by atoms with Crippen LogP contribution in [0.25, 0.3) is 6.08 Å². The lowest BCUT2D eigenvalue weighted by atomic mass is 10.2. The van der Waals surface area contributed by atoms with Gasteiger partial charge in [-0.2, -0.15) is 0 Å². The molecule has 0 saturated carbocycles. The van der Waals surface area contributed by atoms with Gasteiger partial charge in [-0.3, -0.25) is 10.1 Å². The highest BCUT2D eigenvalue weighted by atomic mass is 16.6. The second kappa shape index (κ2) is 7.29. The van der Waals surface area contributed by atoms with Crippen LogP contribution >= 0.6 is 0 Å². The number of ether oxygens (including phenoxy) is 3.